The Morgan fingerprint density at radius 1 is 1.07 bits per heavy atom. The van der Waals surface area contributed by atoms with E-state index in [0.29, 0.717) is 29.9 Å². The van der Waals surface area contributed by atoms with Crippen molar-refractivity contribution < 1.29 is 4.79 Å². The number of nitrogens with zero attached hydrogens (tertiary/aromatic N) is 3. The van der Waals surface area contributed by atoms with E-state index < -0.39 is 0 Å². The molecule has 0 fully saturated rings. The quantitative estimate of drug-likeness (QED) is 0.431. The summed E-state index contributed by atoms with van der Waals surface area (Å²) in [6.07, 6.45) is 3.38. The fraction of sp³-hybridized carbons (Fsp3) is 0.158. The fourth-order valence-corrected chi connectivity index (χ4v) is 2.62. The van der Waals surface area contributed by atoms with Crippen molar-refractivity contribution >= 4 is 35.0 Å². The van der Waals surface area contributed by atoms with E-state index in [-0.39, 0.29) is 12.5 Å². The first-order chi connectivity index (χ1) is 13.6. The molecule has 1 aromatic carbocycles. The van der Waals surface area contributed by atoms with E-state index >= 15 is 0 Å². The van der Waals surface area contributed by atoms with E-state index in [9.17, 15) is 4.79 Å². The summed E-state index contributed by atoms with van der Waals surface area (Å²) >= 11 is 6.01. The Morgan fingerprint density at radius 2 is 1.93 bits per heavy atom. The summed E-state index contributed by atoms with van der Waals surface area (Å²) in [5.74, 6) is 0.960. The number of pyridine rings is 1. The van der Waals surface area contributed by atoms with Gasteiger partial charge in [0, 0.05) is 41.8 Å². The number of hydrogen-bond acceptors (Lipinski definition) is 7. The summed E-state index contributed by atoms with van der Waals surface area (Å²) in [5, 5.41) is 9.62. The molecule has 0 aliphatic carbocycles. The first kappa shape index (κ1) is 19.5. The lowest BCUT2D eigenvalue weighted by Gasteiger charge is -2.09. The third-order valence-electron chi connectivity index (χ3n) is 3.73. The molecule has 8 nitrogen and oxygen atoms in total. The van der Waals surface area contributed by atoms with Crippen molar-refractivity contribution in [1.82, 2.24) is 20.3 Å². The molecule has 0 saturated heterocycles. The van der Waals surface area contributed by atoms with Gasteiger partial charge in [-0.3, -0.25) is 4.79 Å². The Kier molecular flexibility index (Phi) is 6.72. The van der Waals surface area contributed by atoms with Gasteiger partial charge >= 0.3 is 0 Å². The summed E-state index contributed by atoms with van der Waals surface area (Å²) in [6, 6.07) is 12.9. The predicted molar refractivity (Wildman–Crippen MR) is 111 cm³/mol. The van der Waals surface area contributed by atoms with Crippen molar-refractivity contribution in [2.45, 2.75) is 0 Å². The SMILES string of the molecule is NCC(=O)NCCNc1cc(-c2ccnc(Nc3cccc(Cl)c3)n2)ccn1. The molecule has 0 unspecified atom stereocenters. The lowest BCUT2D eigenvalue weighted by molar-refractivity contribution is -0.119. The summed E-state index contributed by atoms with van der Waals surface area (Å²) in [7, 11) is 0. The predicted octanol–water partition coefficient (Wildman–Crippen LogP) is 2.42. The summed E-state index contributed by atoms with van der Waals surface area (Å²) in [6.45, 7) is 0.976. The molecule has 0 saturated carbocycles. The molecule has 2 heterocycles. The van der Waals surface area contributed by atoms with Gasteiger partial charge in [0.05, 0.1) is 12.2 Å². The standard InChI is InChI=1S/C19H20ClN7O/c20-14-2-1-3-15(11-14)26-19-25-7-5-16(27-19)13-4-6-22-17(10-13)23-8-9-24-18(28)12-21/h1-7,10-11H,8-9,12,21H2,(H,22,23)(H,24,28)(H,25,26,27). The molecule has 0 bridgehead atoms. The number of hydrogen-bond donors (Lipinski definition) is 4. The van der Waals surface area contributed by atoms with Gasteiger partial charge in [0.15, 0.2) is 0 Å². The van der Waals surface area contributed by atoms with Crippen LogP contribution in [-0.4, -0.2) is 40.5 Å². The van der Waals surface area contributed by atoms with Crippen molar-refractivity contribution in [3.63, 3.8) is 0 Å². The molecule has 0 radical (unpaired) electrons. The first-order valence-corrected chi connectivity index (χ1v) is 9.04. The smallest absolute Gasteiger partial charge is 0.233 e. The number of amides is 1. The second-order valence-electron chi connectivity index (χ2n) is 5.81. The van der Waals surface area contributed by atoms with Gasteiger partial charge in [-0.05, 0) is 36.4 Å². The van der Waals surface area contributed by atoms with Gasteiger partial charge in [0.1, 0.15) is 5.82 Å². The molecule has 0 atom stereocenters. The molecule has 1 amide bonds. The number of aromatic nitrogens is 3. The van der Waals surface area contributed by atoms with Crippen molar-refractivity contribution in [1.29, 1.82) is 0 Å². The van der Waals surface area contributed by atoms with Gasteiger partial charge in [-0.1, -0.05) is 17.7 Å². The van der Waals surface area contributed by atoms with E-state index in [4.69, 9.17) is 17.3 Å². The average Bonchev–Trinajstić information content (AvgIpc) is 2.71. The molecule has 28 heavy (non-hydrogen) atoms. The molecule has 0 aliphatic heterocycles. The van der Waals surface area contributed by atoms with Crippen LogP contribution in [0, 0.1) is 0 Å². The minimum absolute atomic E-state index is 0.0208. The number of rotatable bonds is 8. The van der Waals surface area contributed by atoms with E-state index in [1.165, 1.54) is 0 Å². The van der Waals surface area contributed by atoms with Crippen LogP contribution in [0.15, 0.2) is 54.9 Å². The lowest BCUT2D eigenvalue weighted by atomic mass is 10.2. The largest absolute Gasteiger partial charge is 0.368 e. The monoisotopic (exact) mass is 397 g/mol. The van der Waals surface area contributed by atoms with Crippen LogP contribution in [0.2, 0.25) is 5.02 Å². The van der Waals surface area contributed by atoms with Gasteiger partial charge in [-0.2, -0.15) is 0 Å². The summed E-state index contributed by atoms with van der Waals surface area (Å²) in [4.78, 5) is 24.2. The molecule has 144 valence electrons. The van der Waals surface area contributed by atoms with E-state index in [1.807, 2.05) is 30.3 Å². The minimum atomic E-state index is -0.191. The number of carbonyl (C=O) groups is 1. The van der Waals surface area contributed by atoms with Crippen LogP contribution in [-0.2, 0) is 4.79 Å². The Bertz CT molecular complexity index is 951. The summed E-state index contributed by atoms with van der Waals surface area (Å²) < 4.78 is 0. The maximum Gasteiger partial charge on any atom is 0.233 e. The Labute approximate surface area is 167 Å². The zero-order valence-corrected chi connectivity index (χ0v) is 15.8. The lowest BCUT2D eigenvalue weighted by Crippen LogP contribution is -2.33. The van der Waals surface area contributed by atoms with E-state index in [0.717, 1.165) is 16.9 Å². The second kappa shape index (κ2) is 9.63. The van der Waals surface area contributed by atoms with E-state index in [1.54, 1.807) is 24.5 Å². The number of benzene rings is 1. The van der Waals surface area contributed by atoms with Crippen molar-refractivity contribution in [3.05, 3.63) is 59.9 Å². The van der Waals surface area contributed by atoms with E-state index in [2.05, 4.69) is 30.9 Å². The second-order valence-corrected chi connectivity index (χ2v) is 6.25. The van der Waals surface area contributed by atoms with Gasteiger partial charge in [0.25, 0.3) is 0 Å². The highest BCUT2D eigenvalue weighted by atomic mass is 35.5. The third kappa shape index (κ3) is 5.63. The van der Waals surface area contributed by atoms with Crippen LogP contribution in [0.25, 0.3) is 11.3 Å². The molecule has 0 aliphatic rings. The van der Waals surface area contributed by atoms with Gasteiger partial charge < -0.3 is 21.7 Å². The molecule has 5 N–H and O–H groups in total. The minimum Gasteiger partial charge on any atom is -0.368 e. The molecule has 0 spiro atoms. The average molecular weight is 398 g/mol. The Balaban J connectivity index is 1.67. The van der Waals surface area contributed by atoms with Crippen LogP contribution < -0.4 is 21.7 Å². The number of anilines is 3. The van der Waals surface area contributed by atoms with Crippen LogP contribution in [0.4, 0.5) is 17.5 Å². The van der Waals surface area contributed by atoms with Crippen LogP contribution in [0.5, 0.6) is 0 Å². The maximum absolute atomic E-state index is 11.1. The highest BCUT2D eigenvalue weighted by molar-refractivity contribution is 6.30. The zero-order valence-electron chi connectivity index (χ0n) is 15.0. The topological polar surface area (TPSA) is 118 Å². The first-order valence-electron chi connectivity index (χ1n) is 8.67. The van der Waals surface area contributed by atoms with Crippen molar-refractivity contribution in [2.75, 3.05) is 30.3 Å². The van der Waals surface area contributed by atoms with Crippen LogP contribution in [0.1, 0.15) is 0 Å². The normalized spacial score (nSPS) is 10.4. The van der Waals surface area contributed by atoms with Crippen LogP contribution >= 0.6 is 11.6 Å². The van der Waals surface area contributed by atoms with Crippen molar-refractivity contribution in [3.8, 4) is 11.3 Å². The van der Waals surface area contributed by atoms with Gasteiger partial charge in [0.2, 0.25) is 11.9 Å². The van der Waals surface area contributed by atoms with Crippen LogP contribution in [0.3, 0.4) is 0 Å². The number of nitrogens with one attached hydrogen (secondary N) is 3. The molecule has 9 heteroatoms. The third-order valence-corrected chi connectivity index (χ3v) is 3.97. The Hall–Kier alpha value is -3.23. The molecule has 2 aromatic heterocycles. The highest BCUT2D eigenvalue weighted by Crippen LogP contribution is 2.22. The number of nitrogens with two attached hydrogens (primary N) is 1. The molecule has 3 aromatic rings. The fourth-order valence-electron chi connectivity index (χ4n) is 2.43. The Morgan fingerprint density at radius 3 is 2.75 bits per heavy atom. The van der Waals surface area contributed by atoms with Gasteiger partial charge in [-0.15, -0.1) is 0 Å². The zero-order chi connectivity index (χ0) is 19.8. The molecule has 3 rings (SSSR count). The van der Waals surface area contributed by atoms with Crippen molar-refractivity contribution in [2.24, 2.45) is 5.73 Å². The van der Waals surface area contributed by atoms with Gasteiger partial charge in [-0.25, -0.2) is 15.0 Å². The molecular weight excluding hydrogens is 378 g/mol. The highest BCUT2D eigenvalue weighted by Gasteiger charge is 2.05. The summed E-state index contributed by atoms with van der Waals surface area (Å²) in [5.41, 5.74) is 7.70. The maximum atomic E-state index is 11.1. The molecular formula is C19H20ClN7O. The number of halogens is 1. The number of carbonyl (C=O) groups excluding carboxylic acids is 1.